The van der Waals surface area contributed by atoms with Gasteiger partial charge in [0.2, 0.25) is 5.91 Å². The Morgan fingerprint density at radius 1 is 1.42 bits per heavy atom. The van der Waals surface area contributed by atoms with Crippen molar-refractivity contribution in [2.75, 3.05) is 18.5 Å². The summed E-state index contributed by atoms with van der Waals surface area (Å²) in [4.78, 5) is 12.0. The highest BCUT2D eigenvalue weighted by atomic mass is 16.5. The molecule has 0 aliphatic heterocycles. The summed E-state index contributed by atoms with van der Waals surface area (Å²) >= 11 is 0. The van der Waals surface area contributed by atoms with Gasteiger partial charge in [0.15, 0.2) is 0 Å². The number of rotatable bonds is 7. The van der Waals surface area contributed by atoms with E-state index in [0.29, 0.717) is 13.2 Å². The first kappa shape index (κ1) is 15.5. The van der Waals surface area contributed by atoms with Crippen LogP contribution in [-0.4, -0.2) is 19.1 Å². The van der Waals surface area contributed by atoms with Gasteiger partial charge in [-0.3, -0.25) is 4.79 Å². The molecule has 19 heavy (non-hydrogen) atoms. The van der Waals surface area contributed by atoms with Crippen LogP contribution in [0.4, 0.5) is 5.69 Å². The molecule has 106 valence electrons. The topological polar surface area (TPSA) is 64.3 Å². The highest BCUT2D eigenvalue weighted by Crippen LogP contribution is 2.26. The largest absolute Gasteiger partial charge is 0.491 e. The third kappa shape index (κ3) is 4.56. The van der Waals surface area contributed by atoms with Crippen molar-refractivity contribution in [3.05, 3.63) is 23.8 Å². The van der Waals surface area contributed by atoms with E-state index in [1.165, 1.54) is 0 Å². The number of anilines is 1. The average Bonchev–Trinajstić information content (AvgIpc) is 2.40. The lowest BCUT2D eigenvalue weighted by molar-refractivity contribution is -0.119. The summed E-state index contributed by atoms with van der Waals surface area (Å²) in [6.07, 6.45) is 1.67. The molecule has 1 unspecified atom stereocenters. The minimum atomic E-state index is -0.152. The first-order valence-corrected chi connectivity index (χ1v) is 6.86. The summed E-state index contributed by atoms with van der Waals surface area (Å²) in [6.45, 7) is 7.01. The maximum Gasteiger partial charge on any atom is 0.228 e. The van der Waals surface area contributed by atoms with Crippen molar-refractivity contribution >= 4 is 11.6 Å². The van der Waals surface area contributed by atoms with Crippen molar-refractivity contribution in [2.45, 2.75) is 33.6 Å². The van der Waals surface area contributed by atoms with Gasteiger partial charge in [-0.25, -0.2) is 0 Å². The Bertz CT molecular complexity index is 415. The molecule has 1 rings (SSSR count). The van der Waals surface area contributed by atoms with Crippen LogP contribution >= 0.6 is 0 Å². The minimum Gasteiger partial charge on any atom is -0.491 e. The molecule has 0 fully saturated rings. The van der Waals surface area contributed by atoms with Crippen molar-refractivity contribution < 1.29 is 9.53 Å². The van der Waals surface area contributed by atoms with E-state index in [2.05, 4.69) is 12.2 Å². The van der Waals surface area contributed by atoms with Crippen molar-refractivity contribution in [1.29, 1.82) is 0 Å². The predicted molar refractivity (Wildman–Crippen MR) is 78.4 cm³/mol. The number of nitrogens with two attached hydrogens (primary N) is 1. The lowest BCUT2D eigenvalue weighted by atomic mass is 10.1. The minimum absolute atomic E-state index is 0.0461. The van der Waals surface area contributed by atoms with Crippen molar-refractivity contribution in [2.24, 2.45) is 11.7 Å². The fourth-order valence-corrected chi connectivity index (χ4v) is 1.76. The van der Waals surface area contributed by atoms with Gasteiger partial charge < -0.3 is 15.8 Å². The third-order valence-corrected chi connectivity index (χ3v) is 3.00. The van der Waals surface area contributed by atoms with Gasteiger partial charge in [-0.2, -0.15) is 0 Å². The first-order chi connectivity index (χ1) is 9.12. The van der Waals surface area contributed by atoms with Crippen LogP contribution in [0.3, 0.4) is 0 Å². The van der Waals surface area contributed by atoms with E-state index in [-0.39, 0.29) is 11.8 Å². The lowest BCUT2D eigenvalue weighted by Gasteiger charge is -2.16. The maximum atomic E-state index is 12.0. The number of hydrogen-bond acceptors (Lipinski definition) is 3. The summed E-state index contributed by atoms with van der Waals surface area (Å²) in [5, 5.41) is 2.90. The smallest absolute Gasteiger partial charge is 0.228 e. The molecule has 4 heteroatoms. The van der Waals surface area contributed by atoms with Crippen LogP contribution in [0.5, 0.6) is 5.75 Å². The lowest BCUT2D eigenvalue weighted by Crippen LogP contribution is -2.28. The molecular weight excluding hydrogens is 240 g/mol. The van der Waals surface area contributed by atoms with E-state index in [9.17, 15) is 4.79 Å². The van der Waals surface area contributed by atoms with E-state index >= 15 is 0 Å². The van der Waals surface area contributed by atoms with Gasteiger partial charge in [-0.15, -0.1) is 0 Å². The molecule has 0 aliphatic rings. The Hall–Kier alpha value is -1.55. The molecule has 0 heterocycles. The normalized spacial score (nSPS) is 12.0. The fraction of sp³-hybridized carbons (Fsp3) is 0.533. The quantitative estimate of drug-likeness (QED) is 0.796. The van der Waals surface area contributed by atoms with Crippen LogP contribution in [0.15, 0.2) is 18.2 Å². The molecule has 0 spiro atoms. The second kappa shape index (κ2) is 7.79. The molecule has 0 radical (unpaired) electrons. The molecule has 1 aromatic carbocycles. The number of ether oxygens (including phenoxy) is 1. The second-order valence-electron chi connectivity index (χ2n) is 4.68. The van der Waals surface area contributed by atoms with Gasteiger partial charge in [0, 0.05) is 6.54 Å². The zero-order valence-corrected chi connectivity index (χ0v) is 12.0. The Labute approximate surface area is 115 Å². The van der Waals surface area contributed by atoms with Gasteiger partial charge in [0.1, 0.15) is 5.75 Å². The SMILES string of the molecule is CCCOc1cc(C)ccc1NC(=O)C(CC)CN. The van der Waals surface area contributed by atoms with Gasteiger partial charge in [-0.1, -0.05) is 19.9 Å². The van der Waals surface area contributed by atoms with Crippen molar-refractivity contribution in [3.8, 4) is 5.75 Å². The number of amides is 1. The molecular formula is C15H24N2O2. The molecule has 1 atom stereocenters. The number of hydrogen-bond donors (Lipinski definition) is 2. The summed E-state index contributed by atoms with van der Waals surface area (Å²) in [5.41, 5.74) is 7.41. The highest BCUT2D eigenvalue weighted by molar-refractivity contribution is 5.94. The Morgan fingerprint density at radius 3 is 2.74 bits per heavy atom. The molecule has 1 amide bonds. The number of carbonyl (C=O) groups excluding carboxylic acids is 1. The fourth-order valence-electron chi connectivity index (χ4n) is 1.76. The molecule has 3 N–H and O–H groups in total. The van der Waals surface area contributed by atoms with E-state index in [1.54, 1.807) is 0 Å². The van der Waals surface area contributed by atoms with Gasteiger partial charge in [0.05, 0.1) is 18.2 Å². The summed E-state index contributed by atoms with van der Waals surface area (Å²) in [5.74, 6) is 0.526. The average molecular weight is 264 g/mol. The monoisotopic (exact) mass is 264 g/mol. The maximum absolute atomic E-state index is 12.0. The summed E-state index contributed by atoms with van der Waals surface area (Å²) < 4.78 is 5.67. The van der Waals surface area contributed by atoms with Gasteiger partial charge in [0.25, 0.3) is 0 Å². The van der Waals surface area contributed by atoms with Crippen LogP contribution < -0.4 is 15.8 Å². The van der Waals surface area contributed by atoms with Gasteiger partial charge in [-0.05, 0) is 37.5 Å². The molecule has 0 saturated heterocycles. The molecule has 1 aromatic rings. The van der Waals surface area contributed by atoms with Crippen molar-refractivity contribution in [1.82, 2.24) is 0 Å². The molecule has 4 nitrogen and oxygen atoms in total. The van der Waals surface area contributed by atoms with Gasteiger partial charge >= 0.3 is 0 Å². The zero-order valence-electron chi connectivity index (χ0n) is 12.0. The second-order valence-corrected chi connectivity index (χ2v) is 4.68. The molecule has 0 bridgehead atoms. The van der Waals surface area contributed by atoms with Crippen LogP contribution in [-0.2, 0) is 4.79 Å². The third-order valence-electron chi connectivity index (χ3n) is 3.00. The predicted octanol–water partition coefficient (Wildman–Crippen LogP) is 2.71. The van der Waals surface area contributed by atoms with Crippen LogP contribution in [0.25, 0.3) is 0 Å². The van der Waals surface area contributed by atoms with E-state index in [4.69, 9.17) is 10.5 Å². The Kier molecular flexibility index (Phi) is 6.36. The standard InChI is InChI=1S/C15H24N2O2/c1-4-8-19-14-9-11(3)6-7-13(14)17-15(18)12(5-2)10-16/h6-7,9,12H,4-5,8,10,16H2,1-3H3,(H,17,18). The first-order valence-electron chi connectivity index (χ1n) is 6.86. The molecule has 0 aromatic heterocycles. The number of carbonyl (C=O) groups is 1. The van der Waals surface area contributed by atoms with Crippen molar-refractivity contribution in [3.63, 3.8) is 0 Å². The van der Waals surface area contributed by atoms with Crippen LogP contribution in [0, 0.1) is 12.8 Å². The number of nitrogens with one attached hydrogen (secondary N) is 1. The Morgan fingerprint density at radius 2 is 2.16 bits per heavy atom. The molecule has 0 saturated carbocycles. The van der Waals surface area contributed by atoms with E-state index in [0.717, 1.165) is 29.8 Å². The van der Waals surface area contributed by atoms with Crippen LogP contribution in [0.2, 0.25) is 0 Å². The number of benzene rings is 1. The molecule has 0 aliphatic carbocycles. The Balaban J connectivity index is 2.84. The van der Waals surface area contributed by atoms with E-state index < -0.39 is 0 Å². The highest BCUT2D eigenvalue weighted by Gasteiger charge is 2.16. The summed E-state index contributed by atoms with van der Waals surface area (Å²) in [6, 6.07) is 5.77. The summed E-state index contributed by atoms with van der Waals surface area (Å²) in [7, 11) is 0. The zero-order chi connectivity index (χ0) is 14.3. The number of aryl methyl sites for hydroxylation is 1. The van der Waals surface area contributed by atoms with E-state index in [1.807, 2.05) is 32.0 Å². The van der Waals surface area contributed by atoms with Crippen LogP contribution in [0.1, 0.15) is 32.3 Å².